The van der Waals surface area contributed by atoms with Crippen LogP contribution in [-0.2, 0) is 10.0 Å². The van der Waals surface area contributed by atoms with Crippen molar-refractivity contribution in [3.05, 3.63) is 66.7 Å². The average Bonchev–Trinajstić information content (AvgIpc) is 3.12. The molecule has 0 aliphatic carbocycles. The predicted octanol–water partition coefficient (Wildman–Crippen LogP) is 3.74. The number of sulfonamides is 1. The molecule has 0 fully saturated rings. The third-order valence-corrected chi connectivity index (χ3v) is 5.60. The van der Waals surface area contributed by atoms with Gasteiger partial charge in [-0.1, -0.05) is 12.1 Å². The monoisotopic (exact) mass is 395 g/mol. The van der Waals surface area contributed by atoms with Crippen molar-refractivity contribution in [2.75, 3.05) is 11.8 Å². The molecule has 0 saturated carbocycles. The number of hydrogen-bond donors (Lipinski definition) is 3. The highest BCUT2D eigenvalue weighted by molar-refractivity contribution is 7.92. The van der Waals surface area contributed by atoms with E-state index in [1.54, 1.807) is 61.7 Å². The van der Waals surface area contributed by atoms with Crippen molar-refractivity contribution < 1.29 is 18.3 Å². The molecule has 0 amide bonds. The molecule has 7 nitrogen and oxygen atoms in total. The lowest BCUT2D eigenvalue weighted by Crippen LogP contribution is -2.12. The molecular weight excluding hydrogens is 378 g/mol. The first-order valence-electron chi connectivity index (χ1n) is 8.41. The SMILES string of the molecule is COc1ccc(NS(=O)(=O)c2ccc3nc(-c4cccc(O)c4)[nH]c3c2)cc1. The summed E-state index contributed by atoms with van der Waals surface area (Å²) in [6, 6.07) is 18.0. The van der Waals surface area contributed by atoms with E-state index in [0.717, 1.165) is 0 Å². The van der Waals surface area contributed by atoms with Gasteiger partial charge in [-0.3, -0.25) is 4.72 Å². The predicted molar refractivity (Wildman–Crippen MR) is 107 cm³/mol. The molecule has 0 aliphatic rings. The van der Waals surface area contributed by atoms with Gasteiger partial charge in [0.1, 0.15) is 17.3 Å². The van der Waals surface area contributed by atoms with Crippen molar-refractivity contribution in [3.8, 4) is 22.9 Å². The minimum Gasteiger partial charge on any atom is -0.508 e. The fourth-order valence-electron chi connectivity index (χ4n) is 2.82. The van der Waals surface area contributed by atoms with Gasteiger partial charge >= 0.3 is 0 Å². The Bertz CT molecular complexity index is 1250. The normalized spacial score (nSPS) is 11.5. The first-order valence-corrected chi connectivity index (χ1v) is 9.89. The maximum Gasteiger partial charge on any atom is 0.261 e. The highest BCUT2D eigenvalue weighted by Gasteiger charge is 2.16. The average molecular weight is 395 g/mol. The Kier molecular flexibility index (Phi) is 4.40. The van der Waals surface area contributed by atoms with E-state index in [9.17, 15) is 13.5 Å². The minimum atomic E-state index is -3.77. The number of H-pyrrole nitrogens is 1. The Morgan fingerprint density at radius 1 is 1.04 bits per heavy atom. The van der Waals surface area contributed by atoms with Gasteiger partial charge in [-0.05, 0) is 54.6 Å². The van der Waals surface area contributed by atoms with Gasteiger partial charge in [0.2, 0.25) is 0 Å². The number of aromatic hydroxyl groups is 1. The number of imidazole rings is 1. The van der Waals surface area contributed by atoms with Gasteiger partial charge in [-0.2, -0.15) is 0 Å². The van der Waals surface area contributed by atoms with E-state index >= 15 is 0 Å². The molecule has 0 radical (unpaired) electrons. The summed E-state index contributed by atoms with van der Waals surface area (Å²) in [5.41, 5.74) is 2.35. The second-order valence-electron chi connectivity index (χ2n) is 6.15. The first kappa shape index (κ1) is 17.9. The Morgan fingerprint density at radius 3 is 2.54 bits per heavy atom. The van der Waals surface area contributed by atoms with E-state index in [4.69, 9.17) is 4.74 Å². The second kappa shape index (κ2) is 6.90. The van der Waals surface area contributed by atoms with E-state index in [1.807, 2.05) is 0 Å². The van der Waals surface area contributed by atoms with Gasteiger partial charge in [0, 0.05) is 11.3 Å². The van der Waals surface area contributed by atoms with E-state index in [-0.39, 0.29) is 10.6 Å². The van der Waals surface area contributed by atoms with Crippen LogP contribution in [0.1, 0.15) is 0 Å². The summed E-state index contributed by atoms with van der Waals surface area (Å²) < 4.78 is 33.0. The number of rotatable bonds is 5. The van der Waals surface area contributed by atoms with Gasteiger partial charge in [0.25, 0.3) is 10.0 Å². The number of hydrogen-bond acceptors (Lipinski definition) is 5. The lowest BCUT2D eigenvalue weighted by molar-refractivity contribution is 0.415. The Hall–Kier alpha value is -3.52. The van der Waals surface area contributed by atoms with E-state index in [2.05, 4.69) is 14.7 Å². The summed E-state index contributed by atoms with van der Waals surface area (Å²) >= 11 is 0. The van der Waals surface area contributed by atoms with E-state index in [0.29, 0.717) is 33.9 Å². The number of aromatic amines is 1. The molecule has 1 aromatic heterocycles. The number of fused-ring (bicyclic) bond motifs is 1. The molecule has 8 heteroatoms. The van der Waals surface area contributed by atoms with E-state index < -0.39 is 10.0 Å². The maximum atomic E-state index is 12.7. The van der Waals surface area contributed by atoms with Crippen LogP contribution in [0.4, 0.5) is 5.69 Å². The number of anilines is 1. The summed E-state index contributed by atoms with van der Waals surface area (Å²) in [6.45, 7) is 0. The van der Waals surface area contributed by atoms with Crippen LogP contribution < -0.4 is 9.46 Å². The van der Waals surface area contributed by atoms with Crippen LogP contribution in [0.3, 0.4) is 0 Å². The van der Waals surface area contributed by atoms with Crippen molar-refractivity contribution in [1.29, 1.82) is 0 Å². The summed E-state index contributed by atoms with van der Waals surface area (Å²) in [6.07, 6.45) is 0. The van der Waals surface area contributed by atoms with Gasteiger partial charge in [0.05, 0.1) is 23.0 Å². The van der Waals surface area contributed by atoms with Crippen LogP contribution in [0.5, 0.6) is 11.5 Å². The summed E-state index contributed by atoms with van der Waals surface area (Å²) in [7, 11) is -2.22. The molecule has 0 bridgehead atoms. The van der Waals surface area contributed by atoms with Crippen LogP contribution >= 0.6 is 0 Å². The lowest BCUT2D eigenvalue weighted by Gasteiger charge is -2.08. The molecule has 0 atom stereocenters. The third-order valence-electron chi connectivity index (χ3n) is 4.23. The summed E-state index contributed by atoms with van der Waals surface area (Å²) in [5.74, 6) is 1.31. The molecule has 3 N–H and O–H groups in total. The number of phenols is 1. The number of phenolic OH excluding ortho intramolecular Hbond substituents is 1. The van der Waals surface area contributed by atoms with Gasteiger partial charge in [-0.25, -0.2) is 13.4 Å². The van der Waals surface area contributed by atoms with Crippen LogP contribution in [0.2, 0.25) is 0 Å². The van der Waals surface area contributed by atoms with Gasteiger partial charge < -0.3 is 14.8 Å². The summed E-state index contributed by atoms with van der Waals surface area (Å²) in [4.78, 5) is 7.67. The number of aromatic nitrogens is 2. The Morgan fingerprint density at radius 2 is 1.82 bits per heavy atom. The number of methoxy groups -OCH3 is 1. The van der Waals surface area contributed by atoms with Crippen LogP contribution in [-0.4, -0.2) is 30.6 Å². The fraction of sp³-hybridized carbons (Fsp3) is 0.0500. The lowest BCUT2D eigenvalue weighted by atomic mass is 10.2. The molecule has 4 aromatic rings. The second-order valence-corrected chi connectivity index (χ2v) is 7.83. The number of ether oxygens (including phenoxy) is 1. The fourth-order valence-corrected chi connectivity index (χ4v) is 3.90. The molecule has 4 rings (SSSR count). The minimum absolute atomic E-state index is 0.113. The molecule has 1 heterocycles. The number of benzene rings is 3. The molecule has 0 aliphatic heterocycles. The zero-order chi connectivity index (χ0) is 19.7. The maximum absolute atomic E-state index is 12.7. The molecule has 28 heavy (non-hydrogen) atoms. The molecule has 0 saturated heterocycles. The Labute approximate surface area is 161 Å². The molecule has 0 spiro atoms. The van der Waals surface area contributed by atoms with Crippen molar-refractivity contribution in [2.45, 2.75) is 4.90 Å². The number of nitrogens with one attached hydrogen (secondary N) is 2. The number of nitrogens with zero attached hydrogens (tertiary/aromatic N) is 1. The molecule has 3 aromatic carbocycles. The zero-order valence-electron chi connectivity index (χ0n) is 14.9. The molecular formula is C20H17N3O4S. The topological polar surface area (TPSA) is 104 Å². The third kappa shape index (κ3) is 3.49. The quantitative estimate of drug-likeness (QED) is 0.477. The van der Waals surface area contributed by atoms with Crippen LogP contribution in [0, 0.1) is 0 Å². The van der Waals surface area contributed by atoms with Crippen LogP contribution in [0.15, 0.2) is 71.6 Å². The Balaban J connectivity index is 1.66. The zero-order valence-corrected chi connectivity index (χ0v) is 15.7. The largest absolute Gasteiger partial charge is 0.508 e. The van der Waals surface area contributed by atoms with E-state index in [1.165, 1.54) is 12.1 Å². The highest BCUT2D eigenvalue weighted by atomic mass is 32.2. The molecule has 0 unspecified atom stereocenters. The molecule has 142 valence electrons. The van der Waals surface area contributed by atoms with Crippen molar-refractivity contribution >= 4 is 26.7 Å². The van der Waals surface area contributed by atoms with Gasteiger partial charge in [-0.15, -0.1) is 0 Å². The van der Waals surface area contributed by atoms with Crippen molar-refractivity contribution in [3.63, 3.8) is 0 Å². The van der Waals surface area contributed by atoms with Crippen LogP contribution in [0.25, 0.3) is 22.4 Å². The van der Waals surface area contributed by atoms with Crippen molar-refractivity contribution in [2.24, 2.45) is 0 Å². The summed E-state index contributed by atoms with van der Waals surface area (Å²) in [5, 5.41) is 9.64. The smallest absolute Gasteiger partial charge is 0.261 e. The first-order chi connectivity index (χ1) is 13.4. The van der Waals surface area contributed by atoms with Gasteiger partial charge in [0.15, 0.2) is 0 Å². The van der Waals surface area contributed by atoms with Crippen molar-refractivity contribution in [1.82, 2.24) is 9.97 Å². The standard InChI is InChI=1S/C20H17N3O4S/c1-27-16-7-5-14(6-8-16)23-28(25,26)17-9-10-18-19(12-17)22-20(21-18)13-3-2-4-15(24)11-13/h2-12,23-24H,1H3,(H,21,22). The highest BCUT2D eigenvalue weighted by Crippen LogP contribution is 2.26.